The number of rotatable bonds is 2. The average molecular weight is 336 g/mol. The molecule has 0 spiro atoms. The quantitative estimate of drug-likeness (QED) is 0.766. The standard InChI is InChI=1S/C11H6BrCl2FN2/c12-7-3-1-2-6(4-7)5-8-16-10(13)9(15)11(14)17-8/h1-4H,5H2. The Morgan fingerprint density at radius 2 is 1.82 bits per heavy atom. The van der Waals surface area contributed by atoms with Gasteiger partial charge in [-0.2, -0.15) is 0 Å². The summed E-state index contributed by atoms with van der Waals surface area (Å²) < 4.78 is 14.1. The highest BCUT2D eigenvalue weighted by Crippen LogP contribution is 2.20. The molecule has 0 aliphatic carbocycles. The van der Waals surface area contributed by atoms with Gasteiger partial charge in [0, 0.05) is 10.9 Å². The minimum absolute atomic E-state index is 0.255. The summed E-state index contributed by atoms with van der Waals surface area (Å²) in [6, 6.07) is 7.65. The Labute approximate surface area is 116 Å². The van der Waals surface area contributed by atoms with Crippen molar-refractivity contribution in [1.29, 1.82) is 0 Å². The first-order chi connectivity index (χ1) is 8.06. The van der Waals surface area contributed by atoms with Crippen LogP contribution in [0.15, 0.2) is 28.7 Å². The Morgan fingerprint density at radius 1 is 1.18 bits per heavy atom. The lowest BCUT2D eigenvalue weighted by Crippen LogP contribution is -2.00. The van der Waals surface area contributed by atoms with E-state index in [4.69, 9.17) is 23.2 Å². The maximum atomic E-state index is 13.1. The third kappa shape index (κ3) is 3.15. The maximum absolute atomic E-state index is 13.1. The van der Waals surface area contributed by atoms with Gasteiger partial charge in [0.25, 0.3) is 0 Å². The smallest absolute Gasteiger partial charge is 0.197 e. The molecule has 0 N–H and O–H groups in total. The van der Waals surface area contributed by atoms with Gasteiger partial charge in [-0.15, -0.1) is 0 Å². The van der Waals surface area contributed by atoms with Crippen LogP contribution in [0, 0.1) is 5.82 Å². The lowest BCUT2D eigenvalue weighted by Gasteiger charge is -2.03. The average Bonchev–Trinajstić information content (AvgIpc) is 2.26. The van der Waals surface area contributed by atoms with Gasteiger partial charge in [0.05, 0.1) is 0 Å². The summed E-state index contributed by atoms with van der Waals surface area (Å²) in [5.41, 5.74) is 0.984. The number of benzene rings is 1. The van der Waals surface area contributed by atoms with E-state index in [1.165, 1.54) is 0 Å². The lowest BCUT2D eigenvalue weighted by atomic mass is 10.1. The molecule has 0 saturated heterocycles. The predicted molar refractivity (Wildman–Crippen MR) is 69.0 cm³/mol. The van der Waals surface area contributed by atoms with E-state index in [2.05, 4.69) is 25.9 Å². The van der Waals surface area contributed by atoms with Crippen molar-refractivity contribution < 1.29 is 4.39 Å². The highest BCUT2D eigenvalue weighted by molar-refractivity contribution is 9.10. The molecule has 0 radical (unpaired) electrons. The van der Waals surface area contributed by atoms with Crippen molar-refractivity contribution in [3.8, 4) is 0 Å². The second-order valence-electron chi connectivity index (χ2n) is 3.34. The summed E-state index contributed by atoms with van der Waals surface area (Å²) in [7, 11) is 0. The number of hydrogen-bond acceptors (Lipinski definition) is 2. The summed E-state index contributed by atoms with van der Waals surface area (Å²) >= 11 is 14.6. The van der Waals surface area contributed by atoms with Crippen LogP contribution in [0.25, 0.3) is 0 Å². The van der Waals surface area contributed by atoms with E-state index in [9.17, 15) is 4.39 Å². The number of hydrogen-bond donors (Lipinski definition) is 0. The third-order valence-corrected chi connectivity index (χ3v) is 3.06. The number of aromatic nitrogens is 2. The van der Waals surface area contributed by atoms with Crippen LogP contribution in [-0.2, 0) is 6.42 Å². The molecule has 6 heteroatoms. The van der Waals surface area contributed by atoms with E-state index in [0.717, 1.165) is 10.0 Å². The molecule has 0 atom stereocenters. The molecule has 0 fully saturated rings. The molecular formula is C11H6BrCl2FN2. The summed E-state index contributed by atoms with van der Waals surface area (Å²) in [6.07, 6.45) is 0.444. The van der Waals surface area contributed by atoms with Gasteiger partial charge in [-0.05, 0) is 17.7 Å². The van der Waals surface area contributed by atoms with E-state index in [-0.39, 0.29) is 10.3 Å². The number of nitrogens with zero attached hydrogens (tertiary/aromatic N) is 2. The maximum Gasteiger partial charge on any atom is 0.197 e. The Hall–Kier alpha value is -0.710. The van der Waals surface area contributed by atoms with Crippen LogP contribution < -0.4 is 0 Å². The van der Waals surface area contributed by atoms with Gasteiger partial charge in [-0.3, -0.25) is 0 Å². The van der Waals surface area contributed by atoms with Crippen molar-refractivity contribution >= 4 is 39.1 Å². The molecule has 0 saturated carbocycles. The van der Waals surface area contributed by atoms with Crippen molar-refractivity contribution in [3.63, 3.8) is 0 Å². The first-order valence-corrected chi connectivity index (χ1v) is 6.23. The van der Waals surface area contributed by atoms with Gasteiger partial charge >= 0.3 is 0 Å². The summed E-state index contributed by atoms with van der Waals surface area (Å²) in [6.45, 7) is 0. The molecule has 0 aliphatic heterocycles. The van der Waals surface area contributed by atoms with Gasteiger partial charge in [0.2, 0.25) is 0 Å². The molecule has 88 valence electrons. The topological polar surface area (TPSA) is 25.8 Å². The van der Waals surface area contributed by atoms with Crippen LogP contribution in [0.1, 0.15) is 11.4 Å². The van der Waals surface area contributed by atoms with Crippen molar-refractivity contribution in [2.45, 2.75) is 6.42 Å². The second kappa shape index (κ2) is 5.29. The van der Waals surface area contributed by atoms with Crippen LogP contribution in [0.2, 0.25) is 10.3 Å². The summed E-state index contributed by atoms with van der Waals surface area (Å²) in [4.78, 5) is 7.68. The molecule has 0 amide bonds. The Morgan fingerprint density at radius 3 is 2.41 bits per heavy atom. The Bertz CT molecular complexity index is 540. The second-order valence-corrected chi connectivity index (χ2v) is 4.97. The fraction of sp³-hybridized carbons (Fsp3) is 0.0909. The minimum atomic E-state index is -0.786. The first kappa shape index (κ1) is 12.7. The SMILES string of the molecule is Fc1c(Cl)nc(Cc2cccc(Br)c2)nc1Cl. The first-order valence-electron chi connectivity index (χ1n) is 4.68. The molecule has 2 nitrogen and oxygen atoms in total. The van der Waals surface area contributed by atoms with Crippen LogP contribution >= 0.6 is 39.1 Å². The zero-order valence-corrected chi connectivity index (χ0v) is 11.5. The third-order valence-electron chi connectivity index (χ3n) is 2.07. The van der Waals surface area contributed by atoms with Crippen molar-refractivity contribution in [1.82, 2.24) is 9.97 Å². The summed E-state index contributed by atoms with van der Waals surface area (Å²) in [5, 5.41) is -0.509. The van der Waals surface area contributed by atoms with E-state index >= 15 is 0 Å². The zero-order valence-electron chi connectivity index (χ0n) is 8.42. The van der Waals surface area contributed by atoms with E-state index < -0.39 is 5.82 Å². The van der Waals surface area contributed by atoms with E-state index in [0.29, 0.717) is 12.2 Å². The van der Waals surface area contributed by atoms with Gasteiger partial charge in [-0.25, -0.2) is 14.4 Å². The molecular weight excluding hydrogens is 330 g/mol. The van der Waals surface area contributed by atoms with Crippen molar-refractivity contribution in [2.24, 2.45) is 0 Å². The molecule has 1 heterocycles. The highest BCUT2D eigenvalue weighted by atomic mass is 79.9. The summed E-state index contributed by atoms with van der Waals surface area (Å²) in [5.74, 6) is -0.397. The molecule has 0 unspecified atom stereocenters. The monoisotopic (exact) mass is 334 g/mol. The minimum Gasteiger partial charge on any atom is -0.218 e. The molecule has 1 aromatic carbocycles. The van der Waals surface area contributed by atoms with Gasteiger partial charge in [0.1, 0.15) is 5.82 Å². The number of halogens is 4. The van der Waals surface area contributed by atoms with Crippen LogP contribution in [0.4, 0.5) is 4.39 Å². The molecule has 0 aliphatic rings. The van der Waals surface area contributed by atoms with Crippen LogP contribution in [0.5, 0.6) is 0 Å². The molecule has 2 rings (SSSR count). The Balaban J connectivity index is 2.31. The fourth-order valence-corrected chi connectivity index (χ4v) is 2.21. The van der Waals surface area contributed by atoms with Crippen LogP contribution in [0.3, 0.4) is 0 Å². The fourth-order valence-electron chi connectivity index (χ4n) is 1.34. The molecule has 0 bridgehead atoms. The Kier molecular flexibility index (Phi) is 3.97. The van der Waals surface area contributed by atoms with Crippen molar-refractivity contribution in [2.75, 3.05) is 0 Å². The van der Waals surface area contributed by atoms with E-state index in [1.54, 1.807) is 0 Å². The van der Waals surface area contributed by atoms with Gasteiger partial charge in [0.15, 0.2) is 16.1 Å². The van der Waals surface area contributed by atoms with Gasteiger partial charge in [-0.1, -0.05) is 51.3 Å². The zero-order chi connectivity index (χ0) is 12.4. The highest BCUT2D eigenvalue weighted by Gasteiger charge is 2.11. The normalized spacial score (nSPS) is 10.6. The largest absolute Gasteiger partial charge is 0.218 e. The molecule has 2 aromatic rings. The predicted octanol–water partition coefficient (Wildman–Crippen LogP) is 4.28. The lowest BCUT2D eigenvalue weighted by molar-refractivity contribution is 0.611. The van der Waals surface area contributed by atoms with E-state index in [1.807, 2.05) is 24.3 Å². The molecule has 1 aromatic heterocycles. The van der Waals surface area contributed by atoms with Crippen molar-refractivity contribution in [3.05, 3.63) is 56.2 Å². The van der Waals surface area contributed by atoms with Gasteiger partial charge < -0.3 is 0 Å². The molecule has 17 heavy (non-hydrogen) atoms. The van der Waals surface area contributed by atoms with Crippen LogP contribution in [-0.4, -0.2) is 9.97 Å².